The predicted molar refractivity (Wildman–Crippen MR) is 103 cm³/mol. The van der Waals surface area contributed by atoms with Crippen molar-refractivity contribution in [2.75, 3.05) is 5.43 Å². The van der Waals surface area contributed by atoms with Crippen molar-refractivity contribution in [3.8, 4) is 0 Å². The first-order valence-corrected chi connectivity index (χ1v) is 9.50. The summed E-state index contributed by atoms with van der Waals surface area (Å²) >= 11 is 7.47. The zero-order chi connectivity index (χ0) is 18.3. The Morgan fingerprint density at radius 1 is 1.08 bits per heavy atom. The number of aromatic nitrogens is 3. The van der Waals surface area contributed by atoms with Crippen LogP contribution < -0.4 is 5.43 Å². The minimum Gasteiger partial charge on any atom is -0.313 e. The predicted octanol–water partition coefficient (Wildman–Crippen LogP) is 4.19. The number of rotatable bonds is 3. The second-order valence-electron chi connectivity index (χ2n) is 6.29. The Balaban J connectivity index is 1.74. The Labute approximate surface area is 160 Å². The standard InChI is InChI=1S/C19H17ClN4OS/c1-11-3-5-14(6-4-11)17(25)18-16(13-7-9-15(20)10-8-13)23-24-12(2)21-22-19(24)26-18/h3-10,16,18,23H,1-2H3/t16-,18+/m0/s1. The van der Waals surface area contributed by atoms with Crippen LogP contribution in [0.4, 0.5) is 0 Å². The topological polar surface area (TPSA) is 59.8 Å². The molecule has 1 N–H and O–H groups in total. The molecule has 3 aromatic rings. The number of nitrogens with zero attached hydrogens (tertiary/aromatic N) is 3. The minimum absolute atomic E-state index is 0.0642. The highest BCUT2D eigenvalue weighted by Gasteiger charge is 2.37. The summed E-state index contributed by atoms with van der Waals surface area (Å²) in [7, 11) is 0. The molecule has 4 rings (SSSR count). The molecular weight excluding hydrogens is 368 g/mol. The van der Waals surface area contributed by atoms with Gasteiger partial charge in [-0.1, -0.05) is 65.3 Å². The number of Topliss-reactive ketones (excluding diaryl/α,β-unsaturated/α-hetero) is 1. The molecule has 7 heteroatoms. The average molecular weight is 385 g/mol. The van der Waals surface area contributed by atoms with Crippen LogP contribution in [-0.2, 0) is 0 Å². The lowest BCUT2D eigenvalue weighted by Gasteiger charge is -2.32. The van der Waals surface area contributed by atoms with Crippen molar-refractivity contribution in [1.82, 2.24) is 14.9 Å². The van der Waals surface area contributed by atoms with E-state index in [9.17, 15) is 4.79 Å². The molecule has 0 amide bonds. The Morgan fingerprint density at radius 3 is 2.46 bits per heavy atom. The first-order valence-electron chi connectivity index (χ1n) is 8.24. The number of carbonyl (C=O) groups is 1. The Kier molecular flexibility index (Phi) is 4.46. The van der Waals surface area contributed by atoms with Gasteiger partial charge in [0.05, 0.1) is 6.04 Å². The van der Waals surface area contributed by atoms with Crippen LogP contribution in [0, 0.1) is 13.8 Å². The molecule has 5 nitrogen and oxygen atoms in total. The van der Waals surface area contributed by atoms with Gasteiger partial charge in [-0.3, -0.25) is 4.79 Å². The normalized spacial score (nSPS) is 18.9. The summed E-state index contributed by atoms with van der Waals surface area (Å²) in [4.78, 5) is 13.2. The van der Waals surface area contributed by atoms with Crippen molar-refractivity contribution in [2.45, 2.75) is 30.3 Å². The zero-order valence-corrected chi connectivity index (χ0v) is 15.9. The van der Waals surface area contributed by atoms with E-state index in [0.29, 0.717) is 15.7 Å². The lowest BCUT2D eigenvalue weighted by molar-refractivity contribution is 0.0980. The first-order chi connectivity index (χ1) is 12.5. The third kappa shape index (κ3) is 3.10. The molecule has 2 heterocycles. The number of thioether (sulfide) groups is 1. The van der Waals surface area contributed by atoms with E-state index in [-0.39, 0.29) is 17.1 Å². The van der Waals surface area contributed by atoms with Crippen LogP contribution in [0.3, 0.4) is 0 Å². The van der Waals surface area contributed by atoms with Crippen LogP contribution >= 0.6 is 23.4 Å². The summed E-state index contributed by atoms with van der Waals surface area (Å²) in [6.07, 6.45) is 0. The maximum atomic E-state index is 13.2. The number of fused-ring (bicyclic) bond motifs is 1. The van der Waals surface area contributed by atoms with E-state index in [2.05, 4.69) is 15.6 Å². The van der Waals surface area contributed by atoms with Crippen LogP contribution in [0.25, 0.3) is 0 Å². The van der Waals surface area contributed by atoms with Gasteiger partial charge in [0.1, 0.15) is 11.1 Å². The highest BCUT2D eigenvalue weighted by Crippen LogP contribution is 2.38. The minimum atomic E-state index is -0.352. The van der Waals surface area contributed by atoms with Crippen molar-refractivity contribution in [3.63, 3.8) is 0 Å². The molecule has 2 atom stereocenters. The summed E-state index contributed by atoms with van der Waals surface area (Å²) in [6, 6.07) is 15.0. The molecule has 1 aromatic heterocycles. The maximum Gasteiger partial charge on any atom is 0.210 e. The van der Waals surface area contributed by atoms with Crippen molar-refractivity contribution in [2.24, 2.45) is 0 Å². The molecule has 0 aliphatic carbocycles. The molecule has 0 fully saturated rings. The molecule has 0 unspecified atom stereocenters. The number of aryl methyl sites for hydroxylation is 2. The van der Waals surface area contributed by atoms with Crippen molar-refractivity contribution >= 4 is 29.1 Å². The van der Waals surface area contributed by atoms with Crippen LogP contribution in [0.5, 0.6) is 0 Å². The largest absolute Gasteiger partial charge is 0.313 e. The quantitative estimate of drug-likeness (QED) is 0.686. The van der Waals surface area contributed by atoms with Gasteiger partial charge in [-0.05, 0) is 31.5 Å². The lowest BCUT2D eigenvalue weighted by Crippen LogP contribution is -2.39. The number of halogens is 1. The van der Waals surface area contributed by atoms with Gasteiger partial charge in [0.2, 0.25) is 5.16 Å². The molecule has 2 aromatic carbocycles. The van der Waals surface area contributed by atoms with E-state index >= 15 is 0 Å². The number of hydrogen-bond donors (Lipinski definition) is 1. The third-order valence-corrected chi connectivity index (χ3v) is 5.89. The molecule has 0 saturated heterocycles. The molecule has 1 aliphatic heterocycles. The average Bonchev–Trinajstić information content (AvgIpc) is 3.02. The molecule has 132 valence electrons. The summed E-state index contributed by atoms with van der Waals surface area (Å²) in [5, 5.41) is 9.30. The molecule has 0 bridgehead atoms. The molecule has 0 radical (unpaired) electrons. The van der Waals surface area contributed by atoms with E-state index in [1.54, 1.807) is 0 Å². The molecule has 0 saturated carbocycles. The number of carbonyl (C=O) groups excluding carboxylic acids is 1. The Hall–Kier alpha value is -2.31. The zero-order valence-electron chi connectivity index (χ0n) is 14.3. The van der Waals surface area contributed by atoms with Gasteiger partial charge in [0.25, 0.3) is 0 Å². The van der Waals surface area contributed by atoms with Gasteiger partial charge in [0.15, 0.2) is 5.78 Å². The number of hydrogen-bond acceptors (Lipinski definition) is 5. The van der Waals surface area contributed by atoms with E-state index in [1.807, 2.05) is 67.1 Å². The summed E-state index contributed by atoms with van der Waals surface area (Å²) in [5.41, 5.74) is 6.21. The number of nitrogens with one attached hydrogen (secondary N) is 1. The molecule has 26 heavy (non-hydrogen) atoms. The highest BCUT2D eigenvalue weighted by molar-refractivity contribution is 8.00. The SMILES string of the molecule is Cc1ccc(C(=O)[C@@H]2Sc3nnc(C)n3N[C@H]2c2ccc(Cl)cc2)cc1. The number of ketones is 1. The van der Waals surface area contributed by atoms with Crippen molar-refractivity contribution in [1.29, 1.82) is 0 Å². The van der Waals surface area contributed by atoms with Gasteiger partial charge in [-0.2, -0.15) is 0 Å². The fourth-order valence-corrected chi connectivity index (χ4v) is 4.29. The maximum absolute atomic E-state index is 13.2. The first kappa shape index (κ1) is 17.1. The second kappa shape index (κ2) is 6.78. The van der Waals surface area contributed by atoms with E-state index in [0.717, 1.165) is 17.0 Å². The van der Waals surface area contributed by atoms with Crippen LogP contribution in [0.2, 0.25) is 5.02 Å². The second-order valence-corrected chi connectivity index (χ2v) is 7.84. The highest BCUT2D eigenvalue weighted by atomic mass is 35.5. The summed E-state index contributed by atoms with van der Waals surface area (Å²) in [6.45, 7) is 3.89. The fourth-order valence-electron chi connectivity index (χ4n) is 2.96. The lowest BCUT2D eigenvalue weighted by atomic mass is 9.97. The molecular formula is C19H17ClN4OS. The monoisotopic (exact) mass is 384 g/mol. The van der Waals surface area contributed by atoms with E-state index in [1.165, 1.54) is 11.8 Å². The number of benzene rings is 2. The third-order valence-electron chi connectivity index (χ3n) is 4.42. The smallest absolute Gasteiger partial charge is 0.210 e. The van der Waals surface area contributed by atoms with Gasteiger partial charge in [-0.15, -0.1) is 10.2 Å². The van der Waals surface area contributed by atoms with Crippen molar-refractivity contribution in [3.05, 3.63) is 76.1 Å². The molecule has 0 spiro atoms. The molecule has 1 aliphatic rings. The van der Waals surface area contributed by atoms with E-state index in [4.69, 9.17) is 11.6 Å². The van der Waals surface area contributed by atoms with Gasteiger partial charge in [-0.25, -0.2) is 4.68 Å². The van der Waals surface area contributed by atoms with E-state index < -0.39 is 0 Å². The van der Waals surface area contributed by atoms with Crippen LogP contribution in [-0.4, -0.2) is 25.9 Å². The fraction of sp³-hybridized carbons (Fsp3) is 0.211. The van der Waals surface area contributed by atoms with Gasteiger partial charge >= 0.3 is 0 Å². The van der Waals surface area contributed by atoms with Gasteiger partial charge in [0, 0.05) is 10.6 Å². The summed E-state index contributed by atoms with van der Waals surface area (Å²) < 4.78 is 1.84. The van der Waals surface area contributed by atoms with Crippen molar-refractivity contribution < 1.29 is 4.79 Å². The Bertz CT molecular complexity index is 953. The summed E-state index contributed by atoms with van der Waals surface area (Å²) in [5.74, 6) is 0.821. The van der Waals surface area contributed by atoms with Crippen LogP contribution in [0.15, 0.2) is 53.7 Å². The van der Waals surface area contributed by atoms with Gasteiger partial charge < -0.3 is 5.43 Å². The Morgan fingerprint density at radius 2 is 1.77 bits per heavy atom. The van der Waals surface area contributed by atoms with Crippen LogP contribution in [0.1, 0.15) is 33.4 Å².